The summed E-state index contributed by atoms with van der Waals surface area (Å²) in [7, 11) is 0. The third kappa shape index (κ3) is 5.52. The zero-order valence-electron chi connectivity index (χ0n) is 11.5. The first-order chi connectivity index (χ1) is 7.97. The second kappa shape index (κ2) is 6.37. The largest absolute Gasteiger partial charge is 0.381 e. The van der Waals surface area contributed by atoms with Crippen LogP contribution in [0.1, 0.15) is 52.9 Å². The van der Waals surface area contributed by atoms with Gasteiger partial charge < -0.3 is 10.1 Å². The number of nitrogens with one attached hydrogen (secondary N) is 1. The minimum Gasteiger partial charge on any atom is -0.381 e. The van der Waals surface area contributed by atoms with Crippen LogP contribution in [0.15, 0.2) is 0 Å². The molecule has 0 unspecified atom stereocenters. The molecule has 98 valence electrons. The first-order valence-corrected chi connectivity index (χ1v) is 6.72. The van der Waals surface area contributed by atoms with Crippen molar-refractivity contribution < 1.29 is 4.74 Å². The average molecular weight is 238 g/mol. The summed E-state index contributed by atoms with van der Waals surface area (Å²) in [6.45, 7) is 9.13. The van der Waals surface area contributed by atoms with Crippen molar-refractivity contribution in [3.63, 3.8) is 0 Å². The van der Waals surface area contributed by atoms with Crippen LogP contribution in [0.3, 0.4) is 0 Å². The van der Waals surface area contributed by atoms with Gasteiger partial charge in [0.2, 0.25) is 0 Å². The van der Waals surface area contributed by atoms with Crippen molar-refractivity contribution in [1.29, 1.82) is 5.26 Å². The molecule has 1 saturated heterocycles. The molecule has 1 aliphatic rings. The van der Waals surface area contributed by atoms with E-state index in [-0.39, 0.29) is 11.0 Å². The molecule has 1 aliphatic heterocycles. The van der Waals surface area contributed by atoms with Crippen LogP contribution < -0.4 is 5.32 Å². The zero-order valence-corrected chi connectivity index (χ0v) is 11.5. The highest BCUT2D eigenvalue weighted by Gasteiger charge is 2.26. The van der Waals surface area contributed by atoms with Crippen molar-refractivity contribution in [1.82, 2.24) is 5.32 Å². The van der Waals surface area contributed by atoms with Gasteiger partial charge in [-0.25, -0.2) is 0 Å². The fourth-order valence-electron chi connectivity index (χ4n) is 2.14. The predicted molar refractivity (Wildman–Crippen MR) is 69.7 cm³/mol. The van der Waals surface area contributed by atoms with Gasteiger partial charge in [0.25, 0.3) is 0 Å². The molecule has 0 bridgehead atoms. The van der Waals surface area contributed by atoms with Gasteiger partial charge in [-0.15, -0.1) is 0 Å². The highest BCUT2D eigenvalue weighted by Crippen LogP contribution is 2.22. The molecule has 0 saturated carbocycles. The van der Waals surface area contributed by atoms with Crippen molar-refractivity contribution >= 4 is 0 Å². The third-order valence-corrected chi connectivity index (χ3v) is 3.68. The van der Waals surface area contributed by atoms with Crippen LogP contribution in [0.2, 0.25) is 0 Å². The topological polar surface area (TPSA) is 45.0 Å². The smallest absolute Gasteiger partial charge is 0.0683 e. The van der Waals surface area contributed by atoms with Crippen LogP contribution in [0, 0.1) is 16.7 Å². The number of unbranched alkanes of at least 4 members (excludes halogenated alkanes) is 1. The molecule has 3 nitrogen and oxygen atoms in total. The van der Waals surface area contributed by atoms with Crippen LogP contribution in [0.5, 0.6) is 0 Å². The number of ether oxygens (including phenoxy) is 1. The average Bonchev–Trinajstić information content (AvgIpc) is 2.29. The summed E-state index contributed by atoms with van der Waals surface area (Å²) in [4.78, 5) is 0. The molecule has 0 aromatic heterocycles. The summed E-state index contributed by atoms with van der Waals surface area (Å²) in [6.07, 6.45) is 5.49. The summed E-state index contributed by atoms with van der Waals surface area (Å²) in [5, 5.41) is 12.6. The molecule has 0 atom stereocenters. The maximum atomic E-state index is 8.92. The molecule has 0 aliphatic carbocycles. The lowest BCUT2D eigenvalue weighted by Crippen LogP contribution is -2.47. The molecular formula is C14H26N2O. The Bertz CT molecular complexity index is 262. The van der Waals surface area contributed by atoms with Gasteiger partial charge in [-0.3, -0.25) is 0 Å². The van der Waals surface area contributed by atoms with E-state index in [1.807, 2.05) is 13.8 Å². The fraction of sp³-hybridized carbons (Fsp3) is 0.929. The normalized spacial score (nSPS) is 19.9. The van der Waals surface area contributed by atoms with E-state index in [1.54, 1.807) is 0 Å². The summed E-state index contributed by atoms with van der Waals surface area (Å²) in [5.74, 6) is 0. The van der Waals surface area contributed by atoms with Gasteiger partial charge in [-0.1, -0.05) is 6.42 Å². The Morgan fingerprint density at radius 1 is 1.29 bits per heavy atom. The minimum absolute atomic E-state index is 0.164. The van der Waals surface area contributed by atoms with E-state index in [0.29, 0.717) is 0 Å². The van der Waals surface area contributed by atoms with Crippen molar-refractivity contribution in [2.24, 2.45) is 5.41 Å². The van der Waals surface area contributed by atoms with Crippen molar-refractivity contribution in [3.8, 4) is 6.07 Å². The first-order valence-electron chi connectivity index (χ1n) is 6.72. The molecule has 0 radical (unpaired) electrons. The standard InChI is InChI=1S/C14H26N2O/c1-13(2,12-15)6-4-5-9-16-14(3)7-10-17-11-8-14/h16H,4-11H2,1-3H3. The molecule has 1 N–H and O–H groups in total. The lowest BCUT2D eigenvalue weighted by molar-refractivity contribution is 0.0452. The van der Waals surface area contributed by atoms with E-state index in [1.165, 1.54) is 0 Å². The van der Waals surface area contributed by atoms with Gasteiger partial charge in [0.15, 0.2) is 0 Å². The summed E-state index contributed by atoms with van der Waals surface area (Å²) >= 11 is 0. The fourth-order valence-corrected chi connectivity index (χ4v) is 2.14. The Morgan fingerprint density at radius 2 is 1.94 bits per heavy atom. The van der Waals surface area contributed by atoms with Gasteiger partial charge in [0.05, 0.1) is 11.5 Å². The van der Waals surface area contributed by atoms with E-state index in [0.717, 1.165) is 51.9 Å². The number of rotatable bonds is 6. The van der Waals surface area contributed by atoms with Crippen molar-refractivity contribution in [3.05, 3.63) is 0 Å². The Labute approximate surface area is 106 Å². The molecule has 3 heteroatoms. The molecule has 17 heavy (non-hydrogen) atoms. The van der Waals surface area contributed by atoms with Crippen LogP contribution >= 0.6 is 0 Å². The molecular weight excluding hydrogens is 212 g/mol. The molecule has 0 aromatic carbocycles. The maximum absolute atomic E-state index is 8.92. The number of hydrogen-bond donors (Lipinski definition) is 1. The summed E-state index contributed by atoms with van der Waals surface area (Å²) in [6, 6.07) is 2.35. The van der Waals surface area contributed by atoms with Crippen molar-refractivity contribution in [2.75, 3.05) is 19.8 Å². The second-order valence-electron chi connectivity index (χ2n) is 6.05. The van der Waals surface area contributed by atoms with Gasteiger partial charge in [0.1, 0.15) is 0 Å². The van der Waals surface area contributed by atoms with Gasteiger partial charge in [0, 0.05) is 18.8 Å². The minimum atomic E-state index is -0.164. The van der Waals surface area contributed by atoms with E-state index in [9.17, 15) is 0 Å². The van der Waals surface area contributed by atoms with Crippen LogP contribution in [0.25, 0.3) is 0 Å². The zero-order chi connectivity index (χ0) is 12.8. The van der Waals surface area contributed by atoms with E-state index in [2.05, 4.69) is 18.3 Å². The van der Waals surface area contributed by atoms with Crippen molar-refractivity contribution in [2.45, 2.75) is 58.4 Å². The Morgan fingerprint density at radius 3 is 2.53 bits per heavy atom. The monoisotopic (exact) mass is 238 g/mol. The SMILES string of the molecule is CC(C)(C#N)CCCCNC1(C)CCOCC1. The first kappa shape index (κ1) is 14.5. The molecule has 1 rings (SSSR count). The van der Waals surface area contributed by atoms with Crippen LogP contribution in [-0.2, 0) is 4.74 Å². The van der Waals surface area contributed by atoms with Gasteiger partial charge >= 0.3 is 0 Å². The van der Waals surface area contributed by atoms with Gasteiger partial charge in [-0.05, 0) is 53.0 Å². The molecule has 0 aromatic rings. The Balaban J connectivity index is 2.10. The predicted octanol–water partition coefficient (Wildman–Crippen LogP) is 2.87. The molecule has 1 fully saturated rings. The lowest BCUT2D eigenvalue weighted by Gasteiger charge is -2.34. The Kier molecular flexibility index (Phi) is 5.42. The van der Waals surface area contributed by atoms with E-state index in [4.69, 9.17) is 10.00 Å². The van der Waals surface area contributed by atoms with E-state index < -0.39 is 0 Å². The van der Waals surface area contributed by atoms with Crippen LogP contribution in [-0.4, -0.2) is 25.3 Å². The summed E-state index contributed by atoms with van der Waals surface area (Å²) < 4.78 is 5.38. The molecule has 1 heterocycles. The highest BCUT2D eigenvalue weighted by molar-refractivity contribution is 4.91. The maximum Gasteiger partial charge on any atom is 0.0683 e. The van der Waals surface area contributed by atoms with E-state index >= 15 is 0 Å². The van der Waals surface area contributed by atoms with Gasteiger partial charge in [-0.2, -0.15) is 5.26 Å². The molecule has 0 spiro atoms. The number of nitrogens with zero attached hydrogens (tertiary/aromatic N) is 1. The third-order valence-electron chi connectivity index (χ3n) is 3.68. The lowest BCUT2D eigenvalue weighted by atomic mass is 9.89. The molecule has 0 amide bonds. The van der Waals surface area contributed by atoms with Crippen LogP contribution in [0.4, 0.5) is 0 Å². The summed E-state index contributed by atoms with van der Waals surface area (Å²) in [5.41, 5.74) is 0.103. The Hall–Kier alpha value is -0.590. The number of nitriles is 1. The quantitative estimate of drug-likeness (QED) is 0.724. The second-order valence-corrected chi connectivity index (χ2v) is 6.05. The highest BCUT2D eigenvalue weighted by atomic mass is 16.5. The number of hydrogen-bond acceptors (Lipinski definition) is 3.